The fourth-order valence-corrected chi connectivity index (χ4v) is 13.0. The summed E-state index contributed by atoms with van der Waals surface area (Å²) in [5.41, 5.74) is 25.4. The molecule has 8 aromatic carbocycles. The molecule has 0 aliphatic carbocycles. The van der Waals surface area contributed by atoms with Crippen LogP contribution in [0.1, 0.15) is 195 Å². The van der Waals surface area contributed by atoms with Gasteiger partial charge in [0.2, 0.25) is 5.24 Å². The summed E-state index contributed by atoms with van der Waals surface area (Å²) in [5, 5.41) is 98.1. The number of aldehydes is 1. The molecule has 5 atom stereocenters. The minimum Gasteiger partial charge on any atom is -1.00 e. The molecule has 143 heavy (non-hydrogen) atoms. The molecule has 5 unspecified atom stereocenters. The second-order valence-corrected chi connectivity index (χ2v) is 30.5. The number of hydrogen-bond donors (Lipinski definition) is 8. The molecular formula is C94H117Cl4N12O33-. The lowest BCUT2D eigenvalue weighted by molar-refractivity contribution is -0.385. The van der Waals surface area contributed by atoms with Crippen LogP contribution in [0.2, 0.25) is 0 Å². The number of nitro benzene ring substituents is 6. The van der Waals surface area contributed by atoms with Crippen LogP contribution in [0.25, 0.3) is 0 Å². The van der Waals surface area contributed by atoms with E-state index >= 15 is 0 Å². The van der Waals surface area contributed by atoms with E-state index in [1.54, 1.807) is 52.8 Å². The van der Waals surface area contributed by atoms with E-state index in [9.17, 15) is 99.0 Å². The van der Waals surface area contributed by atoms with Gasteiger partial charge in [-0.15, -0.1) is 23.2 Å². The van der Waals surface area contributed by atoms with E-state index in [-0.39, 0.29) is 150 Å². The van der Waals surface area contributed by atoms with Gasteiger partial charge in [0.1, 0.15) is 6.29 Å². The van der Waals surface area contributed by atoms with Crippen molar-refractivity contribution in [1.82, 2.24) is 16.0 Å². The Balaban J connectivity index is -0.000000501. The maximum Gasteiger partial charge on any atom is 0.373 e. The molecule has 45 nitrogen and oxygen atoms in total. The van der Waals surface area contributed by atoms with Crippen molar-refractivity contribution in [2.24, 2.45) is 5.73 Å². The van der Waals surface area contributed by atoms with Gasteiger partial charge >= 0.3 is 54.3 Å². The molecule has 0 aliphatic rings. The van der Waals surface area contributed by atoms with Gasteiger partial charge in [-0.1, -0.05) is 58.0 Å². The molecule has 0 fully saturated rings. The highest BCUT2D eigenvalue weighted by Gasteiger charge is 2.24. The summed E-state index contributed by atoms with van der Waals surface area (Å²) in [5.74, 6) is -2.00. The molecule has 0 aliphatic heterocycles. The van der Waals surface area contributed by atoms with Crippen LogP contribution in [0.5, 0.6) is 0 Å². The highest BCUT2D eigenvalue weighted by Crippen LogP contribution is 2.32. The number of nitrogen functional groups attached to an aromatic ring is 1. The zero-order valence-corrected chi connectivity index (χ0v) is 84.4. The number of nitrogens with zero attached hydrogens (tertiary/aromatic N) is 7. The standard InChI is InChI=1S/C17H26Cl2N2O2.C13H18N2O4.C13H20N2O2.C12H15NO4.C10H12N2O4.C8H7NO4.C8H9NO3.C8H7NO3.C2H3ClO.3CO2.ClH/c1-4-20-16(12-17(22)23-3)15-6-5-14(11-13(15)2)21(9-7-18)10-8-19;1-4-14-12(8-13(16)19-3)11-6-5-10(15(17)18)7-9(11)2;1-4-15-12(8-13(16)17-3)11-6-5-10(14)7-9(11)2;1-8-6-10(13(15)16)4-5-11(8)9(2)7-12(14)17-3;1-6-4-7(12(15)16)2-3-8(6)9(11)5-10(13)14;1-5-4-6(9(12)13)2-3-7(5)8(10)11;2*1-6-4-8(9(11)12)3-2-7(6)5-10;1-2(3)4;3*2-1-3;/h5-6,11,16,20H,4,7-10,12H2,1-3H3;5-7,12,14H,4,8H2,1-3H3;5-7,12,15H,4,8,14H2,1-3H3;4-6,9H,7H2,1-3H3;2-4,9H,5,11H2,1H3,(H,13,14);2-4H,1H3,(H,10,11);2-4,10H,5H2,1H3;2-5H,1H3;1H3;;;;1H/p-1. The third-order valence-electron chi connectivity index (χ3n) is 19.3. The van der Waals surface area contributed by atoms with Crippen molar-refractivity contribution in [3.8, 4) is 0 Å². The van der Waals surface area contributed by atoms with Crippen LogP contribution in [0.4, 0.5) is 45.5 Å². The number of ether oxygens (including phenoxy) is 4. The number of aliphatic hydroxyl groups excluding tert-OH is 1. The monoisotopic (exact) mass is 2080 g/mol. The number of hydrogen-bond acceptors (Lipinski definition) is 37. The van der Waals surface area contributed by atoms with Gasteiger partial charge in [0.25, 0.3) is 34.1 Å². The van der Waals surface area contributed by atoms with E-state index in [4.69, 9.17) is 88.2 Å². The molecule has 0 amide bonds. The zero-order valence-electron chi connectivity index (χ0n) is 81.4. The Morgan fingerprint density at radius 1 is 0.434 bits per heavy atom. The van der Waals surface area contributed by atoms with Crippen LogP contribution < -0.4 is 44.7 Å². The number of aliphatic hydroxyl groups is 1. The third-order valence-corrected chi connectivity index (χ3v) is 19.6. The number of carbonyl (C=O) groups excluding carboxylic acids is 12. The number of carboxylic acid groups (broad SMARTS) is 2. The minimum atomic E-state index is -1.08. The first-order valence-corrected chi connectivity index (χ1v) is 43.5. The number of anilines is 2. The smallest absolute Gasteiger partial charge is 0.373 e. The quantitative estimate of drug-likeness (QED) is 0.00267. The predicted octanol–water partition coefficient (Wildman–Crippen LogP) is 12.1. The summed E-state index contributed by atoms with van der Waals surface area (Å²) in [7, 11) is 5.50. The molecule has 0 spiro atoms. The van der Waals surface area contributed by atoms with Crippen molar-refractivity contribution in [3.05, 3.63) is 295 Å². The number of aliphatic carboxylic acids is 1. The van der Waals surface area contributed by atoms with Crippen molar-refractivity contribution < 1.29 is 143 Å². The van der Waals surface area contributed by atoms with E-state index in [2.05, 4.69) is 67.0 Å². The Morgan fingerprint density at radius 2 is 0.720 bits per heavy atom. The summed E-state index contributed by atoms with van der Waals surface area (Å²) >= 11 is 16.4. The van der Waals surface area contributed by atoms with E-state index < -0.39 is 47.5 Å². The Morgan fingerprint density at radius 3 is 1.00 bits per heavy atom. The Bertz CT molecular complexity index is 5540. The molecule has 0 saturated heterocycles. The number of alkyl halides is 2. The van der Waals surface area contributed by atoms with Gasteiger partial charge in [0, 0.05) is 146 Å². The number of halogens is 4. The number of non-ortho nitro benzene ring substituents is 6. The number of methoxy groups -OCH3 is 4. The highest BCUT2D eigenvalue weighted by molar-refractivity contribution is 6.62. The average Bonchev–Trinajstić information content (AvgIpc) is 0.818. The molecule has 49 heteroatoms. The van der Waals surface area contributed by atoms with Gasteiger partial charge in [0.05, 0.1) is 102 Å². The Hall–Kier alpha value is -15.0. The highest BCUT2D eigenvalue weighted by atomic mass is 35.5. The molecule has 8 rings (SSSR count). The SMILES string of the molecule is CC(=O)Cl.CCNC(CC(=O)OC)c1ccc(N(CCCl)CCCl)cc1C.CCNC(CC(=O)OC)c1ccc(N)cc1C.CCNC(CC(=O)OC)c1ccc([N+](=O)[O-])cc1C.COC(=O)CC(C)c1ccc([N+](=O)[O-])cc1C.Cc1cc([N+](=O)[O-])ccc1C(=O)O.Cc1cc([N+](=O)[O-])ccc1C(N)CC(=O)O.Cc1cc([N+](=O)[O-])ccc1C=O.Cc1cc([N+](=O)[O-])ccc1CO.O=C=O.O=C=O.O=C=O.[Cl-]. The average molecular weight is 2080 g/mol. The fraction of sp³-hybridized carbons (Fsp3) is 0.372. The van der Waals surface area contributed by atoms with Crippen LogP contribution >= 0.6 is 34.8 Å². The minimum absolute atomic E-state index is 0. The lowest BCUT2D eigenvalue weighted by Crippen LogP contribution is -3.00. The number of nitro groups is 6. The summed E-state index contributed by atoms with van der Waals surface area (Å²) in [6.07, 6.45) is 2.35. The maximum atomic E-state index is 11.6. The van der Waals surface area contributed by atoms with Crippen molar-refractivity contribution in [3.63, 3.8) is 0 Å². The van der Waals surface area contributed by atoms with Crippen molar-refractivity contribution in [2.45, 2.75) is 159 Å². The van der Waals surface area contributed by atoms with Crippen LogP contribution in [-0.4, -0.2) is 184 Å². The molecule has 10 N–H and O–H groups in total. The van der Waals surface area contributed by atoms with Gasteiger partial charge in [0.15, 0.2) is 0 Å². The van der Waals surface area contributed by atoms with Gasteiger partial charge in [-0.3, -0.25) is 94.2 Å². The molecule has 780 valence electrons. The van der Waals surface area contributed by atoms with Crippen molar-refractivity contribution in [2.75, 3.05) is 83.6 Å². The van der Waals surface area contributed by atoms with E-state index in [0.29, 0.717) is 65.2 Å². The van der Waals surface area contributed by atoms with Crippen LogP contribution in [0, 0.1) is 116 Å². The third kappa shape index (κ3) is 56.2. The second kappa shape index (κ2) is 76.8. The molecule has 8 aromatic rings. The molecule has 0 radical (unpaired) electrons. The van der Waals surface area contributed by atoms with Crippen LogP contribution in [-0.2, 0) is 83.1 Å². The van der Waals surface area contributed by atoms with Crippen LogP contribution in [0.3, 0.4) is 0 Å². The number of nitrogens with one attached hydrogen (secondary N) is 3. The number of carbonyl (C=O) groups is 8. The van der Waals surface area contributed by atoms with Crippen molar-refractivity contribution in [1.29, 1.82) is 0 Å². The first-order chi connectivity index (χ1) is 66.8. The number of rotatable bonds is 35. The number of aromatic carboxylic acids is 1. The van der Waals surface area contributed by atoms with Gasteiger partial charge in [-0.25, -0.2) is 4.79 Å². The Labute approximate surface area is 844 Å². The lowest BCUT2D eigenvalue weighted by Gasteiger charge is -2.25. The lowest BCUT2D eigenvalue weighted by atomic mass is 9.93. The van der Waals surface area contributed by atoms with Crippen LogP contribution in [0.15, 0.2) is 146 Å². The molecule has 0 saturated carbocycles. The first-order valence-electron chi connectivity index (χ1n) is 42.0. The summed E-state index contributed by atoms with van der Waals surface area (Å²) < 4.78 is 18.8. The zero-order chi connectivity index (χ0) is 110. The maximum absolute atomic E-state index is 11.6. The largest absolute Gasteiger partial charge is 1.00 e. The van der Waals surface area contributed by atoms with Crippen molar-refractivity contribution >= 4 is 146 Å². The topological polar surface area (TPSA) is 687 Å². The van der Waals surface area contributed by atoms with Gasteiger partial charge < -0.3 is 79.0 Å². The Kier molecular flexibility index (Phi) is 73.3. The molecular weight excluding hydrogens is 1970 g/mol. The molecule has 0 aromatic heterocycles. The number of esters is 4. The number of benzene rings is 8. The number of carboxylic acids is 2. The molecule has 0 bridgehead atoms. The predicted molar refractivity (Wildman–Crippen MR) is 521 cm³/mol. The first kappa shape index (κ1) is 136. The van der Waals surface area contributed by atoms with E-state index in [1.807, 2.05) is 52.8 Å². The number of aryl methyl sites for hydroxylation is 8. The van der Waals surface area contributed by atoms with E-state index in [0.717, 1.165) is 93.2 Å². The molecule has 0 heterocycles. The summed E-state index contributed by atoms with van der Waals surface area (Å²) in [6, 6.07) is 36.8. The normalized spacial score (nSPS) is 10.6. The van der Waals surface area contributed by atoms with Gasteiger partial charge in [-0.2, -0.15) is 28.8 Å². The second-order valence-electron chi connectivity index (χ2n) is 29.2. The summed E-state index contributed by atoms with van der Waals surface area (Å²) in [6.45, 7) is 27.1. The number of nitrogens with two attached hydrogens (primary N) is 2. The summed E-state index contributed by atoms with van der Waals surface area (Å²) in [4.78, 5) is 197. The van der Waals surface area contributed by atoms with Gasteiger partial charge in [-0.05, 0) is 213 Å². The fourth-order valence-electron chi connectivity index (χ4n) is 12.6. The van der Waals surface area contributed by atoms with E-state index in [1.165, 1.54) is 133 Å².